The van der Waals surface area contributed by atoms with Crippen molar-refractivity contribution in [3.63, 3.8) is 0 Å². The zero-order valence-electron chi connectivity index (χ0n) is 19.1. The summed E-state index contributed by atoms with van der Waals surface area (Å²) in [6.07, 6.45) is 1.65. The van der Waals surface area contributed by atoms with Crippen molar-refractivity contribution in [2.75, 3.05) is 13.7 Å². The molecule has 1 fully saturated rings. The van der Waals surface area contributed by atoms with E-state index in [2.05, 4.69) is 0 Å². The van der Waals surface area contributed by atoms with Gasteiger partial charge in [0, 0.05) is 7.05 Å². The van der Waals surface area contributed by atoms with Crippen LogP contribution < -0.4 is 0 Å². The van der Waals surface area contributed by atoms with E-state index in [1.54, 1.807) is 26.1 Å². The van der Waals surface area contributed by atoms with E-state index in [1.807, 2.05) is 50.2 Å². The molecule has 3 rings (SSSR count). The van der Waals surface area contributed by atoms with E-state index in [0.717, 1.165) is 11.1 Å². The van der Waals surface area contributed by atoms with Crippen molar-refractivity contribution < 1.29 is 22.7 Å². The van der Waals surface area contributed by atoms with Crippen molar-refractivity contribution in [3.8, 4) is 0 Å². The molecule has 2 aromatic rings. The highest BCUT2D eigenvalue weighted by molar-refractivity contribution is 7.93. The predicted molar refractivity (Wildman–Crippen MR) is 123 cm³/mol. The summed E-state index contributed by atoms with van der Waals surface area (Å²) in [6, 6.07) is 14.5. The molecule has 0 heterocycles. The van der Waals surface area contributed by atoms with Crippen LogP contribution in [0.15, 0.2) is 53.4 Å². The first kappa shape index (κ1) is 24.0. The summed E-state index contributed by atoms with van der Waals surface area (Å²) in [5.41, 5.74) is 2.36. The molecule has 32 heavy (non-hydrogen) atoms. The number of ether oxygens (including phenoxy) is 1. The highest BCUT2D eigenvalue weighted by Gasteiger charge is 2.54. The normalized spacial score (nSPS) is 16.4. The highest BCUT2D eigenvalue weighted by atomic mass is 32.2. The van der Waals surface area contributed by atoms with Gasteiger partial charge in [-0.2, -0.15) is 0 Å². The maximum Gasteiger partial charge on any atom is 0.328 e. The average Bonchev–Trinajstić information content (AvgIpc) is 3.30. The Labute approximate surface area is 190 Å². The minimum Gasteiger partial charge on any atom is -0.454 e. The van der Waals surface area contributed by atoms with Gasteiger partial charge in [-0.1, -0.05) is 55.3 Å². The van der Waals surface area contributed by atoms with E-state index in [9.17, 15) is 18.0 Å². The van der Waals surface area contributed by atoms with Gasteiger partial charge in [-0.05, 0) is 56.4 Å². The molecule has 172 valence electrons. The van der Waals surface area contributed by atoms with Gasteiger partial charge in [0.25, 0.3) is 5.91 Å². The fraction of sp³-hybridized carbons (Fsp3) is 0.440. The number of carbonyl (C=O) groups excluding carboxylic acids is 2. The molecule has 1 aliphatic carbocycles. The Morgan fingerprint density at radius 2 is 1.69 bits per heavy atom. The van der Waals surface area contributed by atoms with Crippen LogP contribution in [0.4, 0.5) is 0 Å². The maximum atomic E-state index is 13.6. The Kier molecular flexibility index (Phi) is 7.08. The van der Waals surface area contributed by atoms with Gasteiger partial charge in [0.2, 0.25) is 0 Å². The minimum atomic E-state index is -3.98. The third-order valence-electron chi connectivity index (χ3n) is 6.51. The van der Waals surface area contributed by atoms with Gasteiger partial charge >= 0.3 is 5.97 Å². The highest BCUT2D eigenvalue weighted by Crippen LogP contribution is 2.42. The van der Waals surface area contributed by atoms with Crippen LogP contribution in [0, 0.1) is 13.8 Å². The van der Waals surface area contributed by atoms with Gasteiger partial charge in [0.1, 0.15) is 0 Å². The van der Waals surface area contributed by atoms with Crippen LogP contribution in [0.25, 0.3) is 0 Å². The summed E-state index contributed by atoms with van der Waals surface area (Å²) >= 11 is 0. The molecule has 7 heteroatoms. The average molecular weight is 458 g/mol. The molecule has 1 saturated carbocycles. The first-order valence-corrected chi connectivity index (χ1v) is 12.4. The number of amides is 1. The summed E-state index contributed by atoms with van der Waals surface area (Å²) in [5.74, 6) is -1.21. The van der Waals surface area contributed by atoms with Crippen LogP contribution in [-0.2, 0) is 24.2 Å². The van der Waals surface area contributed by atoms with Gasteiger partial charge in [-0.3, -0.25) is 9.59 Å². The Morgan fingerprint density at radius 1 is 1.06 bits per heavy atom. The molecule has 0 saturated heterocycles. The quantitative estimate of drug-likeness (QED) is 0.584. The SMILES string of the molecule is Cc1ccc(C)c(S(=O)(=O)C2(C(=O)OCC(=O)N(C)C(C)c3ccccc3)CCCC2)c1. The Bertz CT molecular complexity index is 1090. The zero-order valence-corrected chi connectivity index (χ0v) is 19.9. The van der Waals surface area contributed by atoms with Crippen LogP contribution >= 0.6 is 0 Å². The Hall–Kier alpha value is -2.67. The molecule has 0 N–H and O–H groups in total. The number of rotatable bonds is 7. The molecule has 0 spiro atoms. The number of aryl methyl sites for hydroxylation is 2. The molecule has 0 aromatic heterocycles. The topological polar surface area (TPSA) is 80.7 Å². The first-order valence-electron chi connectivity index (χ1n) is 10.9. The van der Waals surface area contributed by atoms with Gasteiger partial charge in [0.05, 0.1) is 10.9 Å². The number of hydrogen-bond donors (Lipinski definition) is 0. The summed E-state index contributed by atoms with van der Waals surface area (Å²) in [5, 5.41) is 0. The molecule has 1 unspecified atom stereocenters. The van der Waals surface area contributed by atoms with Crippen molar-refractivity contribution in [1.82, 2.24) is 4.90 Å². The lowest BCUT2D eigenvalue weighted by Crippen LogP contribution is -2.46. The molecule has 2 aromatic carbocycles. The van der Waals surface area contributed by atoms with E-state index in [1.165, 1.54) is 4.90 Å². The van der Waals surface area contributed by atoms with E-state index >= 15 is 0 Å². The Morgan fingerprint density at radius 3 is 2.31 bits per heavy atom. The summed E-state index contributed by atoms with van der Waals surface area (Å²) in [7, 11) is -2.33. The van der Waals surface area contributed by atoms with E-state index in [4.69, 9.17) is 4.74 Å². The van der Waals surface area contributed by atoms with Crippen molar-refractivity contribution in [2.24, 2.45) is 0 Å². The number of nitrogens with zero attached hydrogens (tertiary/aromatic N) is 1. The summed E-state index contributed by atoms with van der Waals surface area (Å²) in [6.45, 7) is 4.94. The second-order valence-corrected chi connectivity index (χ2v) is 10.9. The lowest BCUT2D eigenvalue weighted by molar-refractivity contribution is -0.154. The fourth-order valence-electron chi connectivity index (χ4n) is 4.27. The van der Waals surface area contributed by atoms with Crippen molar-refractivity contribution in [1.29, 1.82) is 0 Å². The van der Waals surface area contributed by atoms with E-state index < -0.39 is 27.2 Å². The zero-order chi connectivity index (χ0) is 23.5. The molecular weight excluding hydrogens is 426 g/mol. The van der Waals surface area contributed by atoms with Crippen LogP contribution in [0.3, 0.4) is 0 Å². The minimum absolute atomic E-state index is 0.164. The molecule has 1 aliphatic rings. The molecule has 1 amide bonds. The van der Waals surface area contributed by atoms with Crippen molar-refractivity contribution in [3.05, 3.63) is 65.2 Å². The van der Waals surface area contributed by atoms with Gasteiger partial charge in [-0.25, -0.2) is 8.42 Å². The van der Waals surface area contributed by atoms with Gasteiger partial charge in [0.15, 0.2) is 21.2 Å². The van der Waals surface area contributed by atoms with Crippen LogP contribution in [-0.4, -0.2) is 43.6 Å². The largest absolute Gasteiger partial charge is 0.454 e. The maximum absolute atomic E-state index is 13.6. The van der Waals surface area contributed by atoms with Crippen molar-refractivity contribution >= 4 is 21.7 Å². The predicted octanol–water partition coefficient (Wildman–Crippen LogP) is 4.15. The van der Waals surface area contributed by atoms with E-state index in [-0.39, 0.29) is 29.7 Å². The number of benzene rings is 2. The standard InChI is InChI=1S/C25H31NO5S/c1-18-12-13-19(2)22(16-18)32(29,30)25(14-8-9-15-25)24(28)31-17-23(27)26(4)20(3)21-10-6-5-7-11-21/h5-7,10-13,16,20H,8-9,14-15,17H2,1-4H3. The number of likely N-dealkylation sites (N-methyl/N-ethyl adjacent to an activating group) is 1. The molecule has 0 bridgehead atoms. The number of carbonyl (C=O) groups is 2. The third-order valence-corrected chi connectivity index (χ3v) is 9.14. The van der Waals surface area contributed by atoms with Crippen molar-refractivity contribution in [2.45, 2.75) is 62.1 Å². The molecule has 6 nitrogen and oxygen atoms in total. The van der Waals surface area contributed by atoms with E-state index in [0.29, 0.717) is 18.4 Å². The van der Waals surface area contributed by atoms with Gasteiger partial charge in [-0.15, -0.1) is 0 Å². The van der Waals surface area contributed by atoms with Crippen LogP contribution in [0.1, 0.15) is 55.3 Å². The van der Waals surface area contributed by atoms with Crippen LogP contribution in [0.5, 0.6) is 0 Å². The smallest absolute Gasteiger partial charge is 0.328 e. The second-order valence-electron chi connectivity index (χ2n) is 8.64. The molecular formula is C25H31NO5S. The van der Waals surface area contributed by atoms with Gasteiger partial charge < -0.3 is 9.64 Å². The lowest BCUT2D eigenvalue weighted by Gasteiger charge is -2.29. The third kappa shape index (κ3) is 4.44. The summed E-state index contributed by atoms with van der Waals surface area (Å²) in [4.78, 5) is 27.5. The first-order chi connectivity index (χ1) is 15.1. The summed E-state index contributed by atoms with van der Waals surface area (Å²) < 4.78 is 31.0. The molecule has 1 atom stereocenters. The fourth-order valence-corrected chi connectivity index (χ4v) is 6.63. The lowest BCUT2D eigenvalue weighted by atomic mass is 10.1. The number of esters is 1. The Balaban J connectivity index is 1.78. The number of hydrogen-bond acceptors (Lipinski definition) is 5. The molecule has 0 radical (unpaired) electrons. The second kappa shape index (κ2) is 9.45. The number of sulfone groups is 1. The molecule has 0 aliphatic heterocycles. The van der Waals surface area contributed by atoms with Crippen LogP contribution in [0.2, 0.25) is 0 Å². The monoisotopic (exact) mass is 457 g/mol.